The van der Waals surface area contributed by atoms with Crippen molar-refractivity contribution in [3.05, 3.63) is 33.4 Å². The molecule has 2 aromatic rings. The maximum atomic E-state index is 12.9. The zero-order chi connectivity index (χ0) is 24.1. The van der Waals surface area contributed by atoms with Crippen LogP contribution in [0.4, 0.5) is 8.78 Å². The Labute approximate surface area is 206 Å². The number of ether oxygens (including phenoxy) is 1. The third-order valence-corrected chi connectivity index (χ3v) is 7.31. The van der Waals surface area contributed by atoms with E-state index in [9.17, 15) is 22.3 Å². The number of rotatable bonds is 9. The Balaban J connectivity index is 1.75. The zero-order valence-corrected chi connectivity index (χ0v) is 21.0. The Kier molecular flexibility index (Phi) is 9.25. The van der Waals surface area contributed by atoms with Gasteiger partial charge in [0, 0.05) is 28.9 Å². The highest BCUT2D eigenvalue weighted by Gasteiger charge is 2.27. The number of carbonyl (C=O) groups is 1. The first kappa shape index (κ1) is 26.1. The number of aromatic nitrogens is 2. The van der Waals surface area contributed by atoms with E-state index in [4.69, 9.17) is 11.6 Å². The molecule has 1 aliphatic carbocycles. The molecule has 182 valence electrons. The summed E-state index contributed by atoms with van der Waals surface area (Å²) < 4.78 is 54.3. The predicted molar refractivity (Wildman–Crippen MR) is 124 cm³/mol. The molecule has 0 saturated heterocycles. The number of benzene rings is 1. The number of nitrogens with zero attached hydrogens (tertiary/aromatic N) is 2. The van der Waals surface area contributed by atoms with E-state index < -0.39 is 23.6 Å². The van der Waals surface area contributed by atoms with Crippen molar-refractivity contribution in [2.45, 2.75) is 45.8 Å². The molecule has 1 saturated carbocycles. The Morgan fingerprint density at radius 1 is 1.36 bits per heavy atom. The molecule has 1 N–H and O–H groups in total. The van der Waals surface area contributed by atoms with Gasteiger partial charge in [-0.25, -0.2) is 0 Å². The first-order valence-corrected chi connectivity index (χ1v) is 13.0. The summed E-state index contributed by atoms with van der Waals surface area (Å²) in [5.74, 6) is 0.0554. The molecule has 3 rings (SSSR count). The summed E-state index contributed by atoms with van der Waals surface area (Å²) >= 11 is 7.72. The quantitative estimate of drug-likeness (QED) is 0.430. The molecule has 1 atom stereocenters. The van der Waals surface area contributed by atoms with Crippen LogP contribution in [0.3, 0.4) is 0 Å². The summed E-state index contributed by atoms with van der Waals surface area (Å²) in [4.78, 5) is 12.8. The first-order valence-electron chi connectivity index (χ1n) is 10.5. The Hall–Kier alpha value is -1.56. The third-order valence-electron chi connectivity index (χ3n) is 5.71. The molecule has 1 fully saturated rings. The molecule has 0 radical (unpaired) electrons. The number of amides is 1. The van der Waals surface area contributed by atoms with E-state index in [1.165, 1.54) is 10.7 Å². The highest BCUT2D eigenvalue weighted by atomic mass is 79.9. The van der Waals surface area contributed by atoms with Gasteiger partial charge in [-0.2, -0.15) is 13.9 Å². The minimum atomic E-state index is -3.03. The van der Waals surface area contributed by atoms with Crippen molar-refractivity contribution in [3.8, 4) is 17.0 Å². The lowest BCUT2D eigenvalue weighted by molar-refractivity contribution is -0.0495. The minimum Gasteiger partial charge on any atom is -0.772 e. The second-order valence-electron chi connectivity index (χ2n) is 7.91. The summed E-state index contributed by atoms with van der Waals surface area (Å²) in [6, 6.07) is 4.64. The average Bonchev–Trinajstić information content (AvgIpc) is 3.08. The molecule has 0 spiro atoms. The summed E-state index contributed by atoms with van der Waals surface area (Å²) in [7, 11) is 0. The lowest BCUT2D eigenvalue weighted by Crippen LogP contribution is -2.32. The van der Waals surface area contributed by atoms with Gasteiger partial charge in [0.25, 0.3) is 5.91 Å². The molecule has 33 heavy (non-hydrogen) atoms. The second kappa shape index (κ2) is 11.7. The number of nitrogens with one attached hydrogen (secondary N) is 1. The largest absolute Gasteiger partial charge is 0.772 e. The van der Waals surface area contributed by atoms with E-state index >= 15 is 0 Å². The van der Waals surface area contributed by atoms with Gasteiger partial charge in [-0.3, -0.25) is 13.7 Å². The molecular weight excluding hydrogens is 544 g/mol. The minimum absolute atomic E-state index is 0.00914. The zero-order valence-electron chi connectivity index (χ0n) is 17.9. The van der Waals surface area contributed by atoms with Crippen LogP contribution in [0, 0.1) is 11.8 Å². The van der Waals surface area contributed by atoms with Crippen molar-refractivity contribution >= 4 is 44.5 Å². The van der Waals surface area contributed by atoms with Crippen molar-refractivity contribution < 1.29 is 27.1 Å². The van der Waals surface area contributed by atoms with Crippen LogP contribution < -0.4 is 10.1 Å². The fourth-order valence-electron chi connectivity index (χ4n) is 4.07. The van der Waals surface area contributed by atoms with E-state index in [0.717, 1.165) is 25.7 Å². The number of hydrogen-bond acceptors (Lipinski definition) is 5. The van der Waals surface area contributed by atoms with E-state index in [2.05, 4.69) is 31.1 Å². The van der Waals surface area contributed by atoms with Gasteiger partial charge in [0.2, 0.25) is 0 Å². The van der Waals surface area contributed by atoms with Gasteiger partial charge in [-0.1, -0.05) is 38.6 Å². The maximum Gasteiger partial charge on any atom is 0.387 e. The van der Waals surface area contributed by atoms with E-state index in [-0.39, 0.29) is 34.1 Å². The number of alkyl halides is 2. The number of aryl methyl sites for hydroxylation is 1. The molecule has 1 heterocycles. The summed E-state index contributed by atoms with van der Waals surface area (Å²) in [6.45, 7) is -0.443. The lowest BCUT2D eigenvalue weighted by atomic mass is 9.83. The van der Waals surface area contributed by atoms with Crippen LogP contribution >= 0.6 is 27.5 Å². The molecule has 1 aromatic heterocycles. The van der Waals surface area contributed by atoms with Crippen LogP contribution in [0.5, 0.6) is 5.75 Å². The van der Waals surface area contributed by atoms with Crippen molar-refractivity contribution in [1.82, 2.24) is 15.1 Å². The summed E-state index contributed by atoms with van der Waals surface area (Å²) in [6.07, 6.45) is 3.27. The number of halogens is 4. The van der Waals surface area contributed by atoms with Gasteiger partial charge in [-0.15, -0.1) is 0 Å². The monoisotopic (exact) mass is 566 g/mol. The average molecular weight is 568 g/mol. The molecule has 0 aliphatic heterocycles. The predicted octanol–water partition coefficient (Wildman–Crippen LogP) is 5.00. The molecule has 1 amide bonds. The number of carbonyl (C=O) groups excluding carboxylic acids is 1. The Bertz CT molecular complexity index is 1020. The topological polar surface area (TPSA) is 96.3 Å². The highest BCUT2D eigenvalue weighted by molar-refractivity contribution is 9.10. The van der Waals surface area contributed by atoms with Crippen LogP contribution in [0.2, 0.25) is 5.02 Å². The van der Waals surface area contributed by atoms with Crippen LogP contribution in [0.15, 0.2) is 22.7 Å². The second-order valence-corrected chi connectivity index (χ2v) is 10.1. The highest BCUT2D eigenvalue weighted by Crippen LogP contribution is 2.39. The molecule has 0 bridgehead atoms. The van der Waals surface area contributed by atoms with Gasteiger partial charge in [-0.05, 0) is 62.6 Å². The van der Waals surface area contributed by atoms with Crippen LogP contribution in [-0.2, 0) is 17.6 Å². The Morgan fingerprint density at radius 2 is 2.03 bits per heavy atom. The van der Waals surface area contributed by atoms with Crippen molar-refractivity contribution in [2.75, 3.05) is 12.3 Å². The van der Waals surface area contributed by atoms with Crippen LogP contribution in [0.25, 0.3) is 11.3 Å². The molecule has 12 heteroatoms. The van der Waals surface area contributed by atoms with Gasteiger partial charge in [0.1, 0.15) is 5.75 Å². The van der Waals surface area contributed by atoms with E-state index in [0.29, 0.717) is 28.8 Å². The smallest absolute Gasteiger partial charge is 0.387 e. The van der Waals surface area contributed by atoms with Gasteiger partial charge >= 0.3 is 6.61 Å². The standard InChI is InChI=1S/C21H25BrClF2N3O4S/c1-2-28-19(15-8-7-14(22)9-16(15)32-21(24)25)17(23)18(27-28)20(29)26-10-12-3-5-13(6-4-12)11-33(30)31/h7-9,12-13,21H,2-6,10-11H2,1H3,(H,26,29)(H,30,31)/p-1. The lowest BCUT2D eigenvalue weighted by Gasteiger charge is -2.29. The number of hydrogen-bond donors (Lipinski definition) is 1. The molecule has 1 aliphatic rings. The fourth-order valence-corrected chi connectivity index (χ4v) is 5.45. The van der Waals surface area contributed by atoms with Crippen molar-refractivity contribution in [3.63, 3.8) is 0 Å². The molecule has 1 unspecified atom stereocenters. The third kappa shape index (κ3) is 6.74. The van der Waals surface area contributed by atoms with Crippen molar-refractivity contribution in [2.24, 2.45) is 11.8 Å². The fraction of sp³-hybridized carbons (Fsp3) is 0.524. The summed E-state index contributed by atoms with van der Waals surface area (Å²) in [5.41, 5.74) is 0.624. The Morgan fingerprint density at radius 3 is 2.64 bits per heavy atom. The van der Waals surface area contributed by atoms with Gasteiger partial charge in [0.15, 0.2) is 5.69 Å². The first-order chi connectivity index (χ1) is 15.7. The molecular formula is C21H24BrClF2N3O4S-. The van der Waals surface area contributed by atoms with E-state index in [1.807, 2.05) is 0 Å². The summed E-state index contributed by atoms with van der Waals surface area (Å²) in [5, 5.41) is 7.22. The SMILES string of the molecule is CCn1nc(C(=O)NCC2CCC(CS(=O)[O-])CC2)c(Cl)c1-c1ccc(Br)cc1OC(F)F. The normalized spacial score (nSPS) is 19.5. The van der Waals surface area contributed by atoms with Gasteiger partial charge in [0.05, 0.1) is 10.7 Å². The van der Waals surface area contributed by atoms with Crippen LogP contribution in [0.1, 0.15) is 43.1 Å². The molecule has 7 nitrogen and oxygen atoms in total. The molecule has 1 aromatic carbocycles. The maximum absolute atomic E-state index is 12.9. The van der Waals surface area contributed by atoms with Crippen LogP contribution in [-0.4, -0.2) is 43.4 Å². The van der Waals surface area contributed by atoms with Crippen molar-refractivity contribution in [1.29, 1.82) is 0 Å². The van der Waals surface area contributed by atoms with E-state index in [1.54, 1.807) is 19.1 Å². The van der Waals surface area contributed by atoms with Gasteiger partial charge < -0.3 is 14.6 Å².